The molecule has 4 amide bonds. The predicted molar refractivity (Wildman–Crippen MR) is 108 cm³/mol. The molecule has 1 aliphatic carbocycles. The van der Waals surface area contributed by atoms with Gasteiger partial charge in [0.25, 0.3) is 0 Å². The first-order chi connectivity index (χ1) is 14.0. The molecule has 1 aromatic rings. The summed E-state index contributed by atoms with van der Waals surface area (Å²) in [5, 5.41) is 15.4. The van der Waals surface area contributed by atoms with E-state index in [9.17, 15) is 19.5 Å². The Bertz CT molecular complexity index is 727. The van der Waals surface area contributed by atoms with Crippen LogP contribution in [0.5, 0.6) is 0 Å². The van der Waals surface area contributed by atoms with E-state index in [4.69, 9.17) is 5.73 Å². The molecule has 5 N–H and O–H groups in total. The van der Waals surface area contributed by atoms with Gasteiger partial charge >= 0.3 is 12.1 Å². The van der Waals surface area contributed by atoms with E-state index in [1.807, 2.05) is 30.3 Å². The van der Waals surface area contributed by atoms with Crippen LogP contribution in [0.3, 0.4) is 0 Å². The standard InChI is InChI=1S/C21H30N4O4/c22-18(26)12-17(24-20(27)23-13-14-6-2-1-3-7-14)19-16-9-5-4-8-15(16)10-11-25(19)21(28)29/h1-3,6-7,15-17,19H,4-5,8-13H2,(H2,22,26)(H,28,29)(H2,23,24,27). The summed E-state index contributed by atoms with van der Waals surface area (Å²) in [6.07, 6.45) is 3.88. The molecule has 158 valence electrons. The summed E-state index contributed by atoms with van der Waals surface area (Å²) >= 11 is 0. The van der Waals surface area contributed by atoms with Crippen LogP contribution < -0.4 is 16.4 Å². The summed E-state index contributed by atoms with van der Waals surface area (Å²) in [5.74, 6) is 0.00270. The first-order valence-corrected chi connectivity index (χ1v) is 10.3. The summed E-state index contributed by atoms with van der Waals surface area (Å²) in [7, 11) is 0. The number of hydrogen-bond acceptors (Lipinski definition) is 3. The fourth-order valence-corrected chi connectivity index (χ4v) is 4.94. The lowest BCUT2D eigenvalue weighted by Gasteiger charge is -2.49. The quantitative estimate of drug-likeness (QED) is 0.582. The van der Waals surface area contributed by atoms with E-state index in [1.54, 1.807) is 0 Å². The average Bonchev–Trinajstić information content (AvgIpc) is 2.71. The van der Waals surface area contributed by atoms with E-state index in [2.05, 4.69) is 10.6 Å². The van der Waals surface area contributed by atoms with Gasteiger partial charge in [-0.25, -0.2) is 9.59 Å². The van der Waals surface area contributed by atoms with Gasteiger partial charge in [0.15, 0.2) is 0 Å². The molecule has 3 rings (SSSR count). The molecule has 1 heterocycles. The van der Waals surface area contributed by atoms with Crippen molar-refractivity contribution >= 4 is 18.0 Å². The van der Waals surface area contributed by atoms with Crippen LogP contribution in [0.2, 0.25) is 0 Å². The zero-order valence-electron chi connectivity index (χ0n) is 16.5. The number of carbonyl (C=O) groups is 3. The van der Waals surface area contributed by atoms with E-state index in [1.165, 1.54) is 4.90 Å². The highest BCUT2D eigenvalue weighted by molar-refractivity contribution is 5.78. The van der Waals surface area contributed by atoms with Crippen molar-refractivity contribution in [3.63, 3.8) is 0 Å². The lowest BCUT2D eigenvalue weighted by atomic mass is 9.68. The Morgan fingerprint density at radius 1 is 1.14 bits per heavy atom. The number of carboxylic acid groups (broad SMARTS) is 1. The Labute approximate surface area is 170 Å². The maximum Gasteiger partial charge on any atom is 0.407 e. The third kappa shape index (κ3) is 5.40. The molecule has 1 saturated heterocycles. The van der Waals surface area contributed by atoms with E-state index >= 15 is 0 Å². The zero-order valence-corrected chi connectivity index (χ0v) is 16.5. The van der Waals surface area contributed by atoms with Crippen LogP contribution >= 0.6 is 0 Å². The highest BCUT2D eigenvalue weighted by Crippen LogP contribution is 2.41. The smallest absolute Gasteiger partial charge is 0.407 e. The maximum atomic E-state index is 12.5. The van der Waals surface area contributed by atoms with Gasteiger partial charge in [-0.1, -0.05) is 49.6 Å². The van der Waals surface area contributed by atoms with Crippen molar-refractivity contribution < 1.29 is 19.5 Å². The highest BCUT2D eigenvalue weighted by atomic mass is 16.4. The van der Waals surface area contributed by atoms with E-state index in [0.29, 0.717) is 19.0 Å². The van der Waals surface area contributed by atoms with Gasteiger partial charge in [-0.2, -0.15) is 0 Å². The number of urea groups is 1. The monoisotopic (exact) mass is 402 g/mol. The predicted octanol–water partition coefficient (Wildman–Crippen LogP) is 2.29. The number of likely N-dealkylation sites (tertiary alicyclic amines) is 1. The molecule has 2 aliphatic rings. The van der Waals surface area contributed by atoms with Gasteiger partial charge in [0.2, 0.25) is 5.91 Å². The van der Waals surface area contributed by atoms with Crippen LogP contribution in [0.25, 0.3) is 0 Å². The molecule has 8 nitrogen and oxygen atoms in total. The molecule has 0 bridgehead atoms. The molecule has 1 aromatic carbocycles. The SMILES string of the molecule is NC(=O)CC(NC(=O)NCc1ccccc1)C1C2CCCCC2CCN1C(=O)O. The van der Waals surface area contributed by atoms with Gasteiger partial charge in [-0.15, -0.1) is 0 Å². The highest BCUT2D eigenvalue weighted by Gasteiger charge is 2.45. The number of primary amides is 1. The normalized spacial score (nSPS) is 24.8. The second-order valence-corrected chi connectivity index (χ2v) is 8.05. The first-order valence-electron chi connectivity index (χ1n) is 10.3. The van der Waals surface area contributed by atoms with Crippen LogP contribution in [0.4, 0.5) is 9.59 Å². The third-order valence-corrected chi connectivity index (χ3v) is 6.20. The zero-order chi connectivity index (χ0) is 20.8. The molecule has 1 aliphatic heterocycles. The summed E-state index contributed by atoms with van der Waals surface area (Å²) in [6.45, 7) is 0.763. The summed E-state index contributed by atoms with van der Waals surface area (Å²) in [5.41, 5.74) is 6.40. The topological polar surface area (TPSA) is 125 Å². The molecule has 0 aromatic heterocycles. The summed E-state index contributed by atoms with van der Waals surface area (Å²) in [6, 6.07) is 7.97. The van der Waals surface area contributed by atoms with E-state index < -0.39 is 30.1 Å². The largest absolute Gasteiger partial charge is 0.465 e. The Morgan fingerprint density at radius 3 is 2.55 bits per heavy atom. The third-order valence-electron chi connectivity index (χ3n) is 6.20. The second-order valence-electron chi connectivity index (χ2n) is 8.05. The van der Waals surface area contributed by atoms with Crippen molar-refractivity contribution in [3.8, 4) is 0 Å². The van der Waals surface area contributed by atoms with Crippen molar-refractivity contribution in [1.82, 2.24) is 15.5 Å². The van der Waals surface area contributed by atoms with Crippen LogP contribution in [0.1, 0.15) is 44.1 Å². The fraction of sp³-hybridized carbons (Fsp3) is 0.571. The number of hydrogen-bond donors (Lipinski definition) is 4. The van der Waals surface area contributed by atoms with Crippen molar-refractivity contribution in [1.29, 1.82) is 0 Å². The van der Waals surface area contributed by atoms with Crippen LogP contribution in [-0.2, 0) is 11.3 Å². The van der Waals surface area contributed by atoms with Gasteiger partial charge < -0.3 is 26.4 Å². The summed E-state index contributed by atoms with van der Waals surface area (Å²) < 4.78 is 0. The summed E-state index contributed by atoms with van der Waals surface area (Å²) in [4.78, 5) is 37.6. The van der Waals surface area contributed by atoms with E-state index in [-0.39, 0.29) is 12.3 Å². The molecule has 2 fully saturated rings. The average molecular weight is 402 g/mol. The van der Waals surface area contributed by atoms with Crippen LogP contribution in [0, 0.1) is 11.8 Å². The number of nitrogens with two attached hydrogens (primary N) is 1. The van der Waals surface area contributed by atoms with Crippen molar-refractivity contribution in [2.45, 2.75) is 57.2 Å². The van der Waals surface area contributed by atoms with Gasteiger partial charge in [0.05, 0.1) is 12.1 Å². The fourth-order valence-electron chi connectivity index (χ4n) is 4.94. The van der Waals surface area contributed by atoms with Crippen molar-refractivity contribution in [2.75, 3.05) is 6.54 Å². The number of nitrogens with zero attached hydrogens (tertiary/aromatic N) is 1. The minimum absolute atomic E-state index is 0.0869. The van der Waals surface area contributed by atoms with Crippen LogP contribution in [-0.4, -0.2) is 46.7 Å². The molecular weight excluding hydrogens is 372 g/mol. The van der Waals surface area contributed by atoms with Crippen LogP contribution in [0.15, 0.2) is 30.3 Å². The number of rotatable bonds is 6. The lowest BCUT2D eigenvalue weighted by Crippen LogP contribution is -2.62. The maximum absolute atomic E-state index is 12.5. The van der Waals surface area contributed by atoms with Crippen molar-refractivity contribution in [3.05, 3.63) is 35.9 Å². The molecular formula is C21H30N4O4. The Balaban J connectivity index is 1.74. The number of piperidine rings is 1. The molecule has 0 radical (unpaired) electrons. The molecule has 4 atom stereocenters. The number of fused-ring (bicyclic) bond motifs is 1. The van der Waals surface area contributed by atoms with Gasteiger partial charge in [0.1, 0.15) is 0 Å². The Morgan fingerprint density at radius 2 is 1.86 bits per heavy atom. The Hall–Kier alpha value is -2.77. The van der Waals surface area contributed by atoms with Crippen molar-refractivity contribution in [2.24, 2.45) is 17.6 Å². The lowest BCUT2D eigenvalue weighted by molar-refractivity contribution is -0.119. The number of benzene rings is 1. The van der Waals surface area contributed by atoms with Gasteiger partial charge in [-0.05, 0) is 30.2 Å². The number of amides is 4. The second kappa shape index (κ2) is 9.62. The molecule has 8 heteroatoms. The molecule has 29 heavy (non-hydrogen) atoms. The van der Waals surface area contributed by atoms with E-state index in [0.717, 1.165) is 37.7 Å². The number of nitrogens with one attached hydrogen (secondary N) is 2. The molecule has 4 unspecified atom stereocenters. The molecule has 0 spiro atoms. The first kappa shape index (κ1) is 21.0. The van der Waals surface area contributed by atoms with Gasteiger partial charge in [0, 0.05) is 19.5 Å². The Kier molecular flexibility index (Phi) is 6.95. The minimum atomic E-state index is -1.01. The number of carbonyl (C=O) groups excluding carboxylic acids is 2. The molecule has 1 saturated carbocycles. The minimum Gasteiger partial charge on any atom is -0.465 e. The van der Waals surface area contributed by atoms with Gasteiger partial charge in [-0.3, -0.25) is 4.79 Å².